The molecule has 0 spiro atoms. The summed E-state index contributed by atoms with van der Waals surface area (Å²) in [7, 11) is 0. The zero-order chi connectivity index (χ0) is 13.5. The maximum absolute atomic E-state index is 5.71. The van der Waals surface area contributed by atoms with Gasteiger partial charge in [-0.05, 0) is 48.5 Å². The summed E-state index contributed by atoms with van der Waals surface area (Å²) in [4.78, 5) is 8.62. The van der Waals surface area contributed by atoms with Gasteiger partial charge in [0.1, 0.15) is 5.82 Å². The molecule has 2 rings (SSSR count). The van der Waals surface area contributed by atoms with E-state index in [-0.39, 0.29) is 0 Å². The monoisotopic (exact) mass is 328 g/mol. The average molecular weight is 329 g/mol. The van der Waals surface area contributed by atoms with E-state index in [1.165, 1.54) is 19.3 Å². The van der Waals surface area contributed by atoms with E-state index in [1.807, 2.05) is 6.92 Å². The first-order chi connectivity index (χ1) is 9.29. The number of rotatable bonds is 6. The molecule has 106 valence electrons. The summed E-state index contributed by atoms with van der Waals surface area (Å²) < 4.78 is 6.60. The van der Waals surface area contributed by atoms with Crippen LogP contribution in [0, 0.1) is 0 Å². The van der Waals surface area contributed by atoms with Gasteiger partial charge in [0, 0.05) is 25.9 Å². The van der Waals surface area contributed by atoms with Crippen LogP contribution >= 0.6 is 15.9 Å². The standard InChI is InChI=1S/C13H21BrN4O/c1-2-15-13-17-9-11(14)12(18-13)16-7-6-10-5-3-4-8-19-10/h9-10H,2-8H2,1H3,(H2,15,16,17,18). The molecule has 1 aliphatic rings. The third-order valence-corrected chi connectivity index (χ3v) is 3.69. The summed E-state index contributed by atoms with van der Waals surface area (Å²) >= 11 is 3.46. The third kappa shape index (κ3) is 4.62. The van der Waals surface area contributed by atoms with Crippen LogP contribution in [0.3, 0.4) is 0 Å². The summed E-state index contributed by atoms with van der Waals surface area (Å²) in [5.41, 5.74) is 0. The first-order valence-corrected chi connectivity index (χ1v) is 7.70. The summed E-state index contributed by atoms with van der Waals surface area (Å²) in [5.74, 6) is 1.49. The highest BCUT2D eigenvalue weighted by molar-refractivity contribution is 9.10. The SMILES string of the molecule is CCNc1ncc(Br)c(NCCC2CCCCO2)n1. The normalized spacial score (nSPS) is 19.2. The molecule has 1 aromatic rings. The van der Waals surface area contributed by atoms with Crippen molar-refractivity contribution < 1.29 is 4.74 Å². The number of aromatic nitrogens is 2. The van der Waals surface area contributed by atoms with E-state index >= 15 is 0 Å². The zero-order valence-electron chi connectivity index (χ0n) is 11.3. The summed E-state index contributed by atoms with van der Waals surface area (Å²) in [6.45, 7) is 4.62. The highest BCUT2D eigenvalue weighted by Gasteiger charge is 2.13. The Bertz CT molecular complexity index is 396. The molecule has 1 aliphatic heterocycles. The molecule has 5 nitrogen and oxygen atoms in total. The largest absolute Gasteiger partial charge is 0.378 e. The highest BCUT2D eigenvalue weighted by atomic mass is 79.9. The quantitative estimate of drug-likeness (QED) is 0.840. The Morgan fingerprint density at radius 1 is 1.42 bits per heavy atom. The van der Waals surface area contributed by atoms with Crippen molar-refractivity contribution in [3.05, 3.63) is 10.7 Å². The van der Waals surface area contributed by atoms with Crippen LogP contribution in [0.1, 0.15) is 32.6 Å². The Kier molecular flexibility index (Phi) is 5.85. The molecule has 0 amide bonds. The van der Waals surface area contributed by atoms with Crippen LogP contribution in [0.2, 0.25) is 0 Å². The Morgan fingerprint density at radius 3 is 3.05 bits per heavy atom. The number of anilines is 2. The molecular weight excluding hydrogens is 308 g/mol. The fourth-order valence-corrected chi connectivity index (χ4v) is 2.45. The van der Waals surface area contributed by atoms with Gasteiger partial charge in [-0.15, -0.1) is 0 Å². The number of hydrogen-bond acceptors (Lipinski definition) is 5. The Morgan fingerprint density at radius 2 is 2.32 bits per heavy atom. The van der Waals surface area contributed by atoms with E-state index in [1.54, 1.807) is 6.20 Å². The van der Waals surface area contributed by atoms with E-state index in [4.69, 9.17) is 4.74 Å². The Hall–Kier alpha value is -0.880. The second-order valence-electron chi connectivity index (χ2n) is 4.62. The molecule has 1 fully saturated rings. The van der Waals surface area contributed by atoms with Crippen LogP contribution in [0.25, 0.3) is 0 Å². The molecule has 0 bridgehead atoms. The molecule has 2 heterocycles. The second-order valence-corrected chi connectivity index (χ2v) is 5.48. The van der Waals surface area contributed by atoms with Crippen LogP contribution in [0.15, 0.2) is 10.7 Å². The van der Waals surface area contributed by atoms with Crippen molar-refractivity contribution in [1.29, 1.82) is 0 Å². The fraction of sp³-hybridized carbons (Fsp3) is 0.692. The van der Waals surface area contributed by atoms with Crippen molar-refractivity contribution in [1.82, 2.24) is 9.97 Å². The molecule has 1 atom stereocenters. The predicted octanol–water partition coefficient (Wildman–Crippen LogP) is 3.04. The second kappa shape index (κ2) is 7.65. The van der Waals surface area contributed by atoms with Gasteiger partial charge in [-0.1, -0.05) is 0 Å². The van der Waals surface area contributed by atoms with Gasteiger partial charge in [0.25, 0.3) is 0 Å². The minimum absolute atomic E-state index is 0.398. The smallest absolute Gasteiger partial charge is 0.224 e. The maximum atomic E-state index is 5.71. The van der Waals surface area contributed by atoms with Gasteiger partial charge in [-0.3, -0.25) is 0 Å². The van der Waals surface area contributed by atoms with Crippen LogP contribution in [0.5, 0.6) is 0 Å². The molecule has 2 N–H and O–H groups in total. The molecule has 6 heteroatoms. The number of halogens is 1. The molecule has 1 aromatic heterocycles. The van der Waals surface area contributed by atoms with Crippen molar-refractivity contribution in [2.45, 2.75) is 38.7 Å². The molecule has 0 radical (unpaired) electrons. The lowest BCUT2D eigenvalue weighted by Crippen LogP contribution is -2.22. The molecule has 1 unspecified atom stereocenters. The topological polar surface area (TPSA) is 59.1 Å². The minimum atomic E-state index is 0.398. The van der Waals surface area contributed by atoms with E-state index in [0.29, 0.717) is 12.1 Å². The summed E-state index contributed by atoms with van der Waals surface area (Å²) in [6, 6.07) is 0. The first-order valence-electron chi connectivity index (χ1n) is 6.91. The number of nitrogens with one attached hydrogen (secondary N) is 2. The molecule has 19 heavy (non-hydrogen) atoms. The molecule has 0 aromatic carbocycles. The molecule has 0 aliphatic carbocycles. The van der Waals surface area contributed by atoms with Crippen LogP contribution in [0.4, 0.5) is 11.8 Å². The van der Waals surface area contributed by atoms with E-state index in [9.17, 15) is 0 Å². The maximum Gasteiger partial charge on any atom is 0.224 e. The minimum Gasteiger partial charge on any atom is -0.378 e. The molecule has 0 saturated carbocycles. The average Bonchev–Trinajstić information content (AvgIpc) is 2.44. The summed E-state index contributed by atoms with van der Waals surface area (Å²) in [6.07, 6.45) is 6.85. The highest BCUT2D eigenvalue weighted by Crippen LogP contribution is 2.21. The van der Waals surface area contributed by atoms with Gasteiger partial charge >= 0.3 is 0 Å². The van der Waals surface area contributed by atoms with E-state index in [0.717, 1.165) is 36.4 Å². The number of hydrogen-bond donors (Lipinski definition) is 2. The van der Waals surface area contributed by atoms with Crippen LogP contribution in [-0.4, -0.2) is 35.8 Å². The fourth-order valence-electron chi connectivity index (χ4n) is 2.12. The lowest BCUT2D eigenvalue weighted by atomic mass is 10.1. The summed E-state index contributed by atoms with van der Waals surface area (Å²) in [5, 5.41) is 6.45. The Labute approximate surface area is 122 Å². The van der Waals surface area contributed by atoms with Crippen molar-refractivity contribution in [3.63, 3.8) is 0 Å². The van der Waals surface area contributed by atoms with E-state index < -0.39 is 0 Å². The molecule has 1 saturated heterocycles. The lowest BCUT2D eigenvalue weighted by molar-refractivity contribution is 0.0134. The zero-order valence-corrected chi connectivity index (χ0v) is 12.9. The predicted molar refractivity (Wildman–Crippen MR) is 80.6 cm³/mol. The van der Waals surface area contributed by atoms with Gasteiger partial charge in [-0.2, -0.15) is 4.98 Å². The van der Waals surface area contributed by atoms with Crippen molar-refractivity contribution >= 4 is 27.7 Å². The number of ether oxygens (including phenoxy) is 1. The third-order valence-electron chi connectivity index (χ3n) is 3.11. The van der Waals surface area contributed by atoms with Gasteiger partial charge in [0.2, 0.25) is 5.95 Å². The lowest BCUT2D eigenvalue weighted by Gasteiger charge is -2.22. The van der Waals surface area contributed by atoms with Crippen LogP contribution < -0.4 is 10.6 Å². The molecular formula is C13H21BrN4O. The van der Waals surface area contributed by atoms with Gasteiger partial charge < -0.3 is 15.4 Å². The first kappa shape index (κ1) is 14.5. The van der Waals surface area contributed by atoms with Crippen molar-refractivity contribution in [2.75, 3.05) is 30.3 Å². The number of nitrogens with zero attached hydrogens (tertiary/aromatic N) is 2. The van der Waals surface area contributed by atoms with Crippen molar-refractivity contribution in [2.24, 2.45) is 0 Å². The van der Waals surface area contributed by atoms with Gasteiger partial charge in [0.15, 0.2) is 0 Å². The van der Waals surface area contributed by atoms with E-state index in [2.05, 4.69) is 36.5 Å². The van der Waals surface area contributed by atoms with Gasteiger partial charge in [-0.25, -0.2) is 4.98 Å². The van der Waals surface area contributed by atoms with Gasteiger partial charge in [0.05, 0.1) is 10.6 Å². The Balaban J connectivity index is 1.82. The van der Waals surface area contributed by atoms with Crippen molar-refractivity contribution in [3.8, 4) is 0 Å². The van der Waals surface area contributed by atoms with Crippen LogP contribution in [-0.2, 0) is 4.74 Å².